The molecule has 0 aliphatic heterocycles. The van der Waals surface area contributed by atoms with Crippen molar-refractivity contribution in [3.05, 3.63) is 106 Å². The number of carbonyl (C=O) groups excluding carboxylic acids is 1. The quantitative estimate of drug-likeness (QED) is 0.385. The van der Waals surface area contributed by atoms with Gasteiger partial charge in [-0.05, 0) is 67.1 Å². The van der Waals surface area contributed by atoms with Gasteiger partial charge >= 0.3 is 0 Å². The number of rotatable bonds is 6. The van der Waals surface area contributed by atoms with Crippen LogP contribution in [0.25, 0.3) is 0 Å². The highest BCUT2D eigenvalue weighted by Gasteiger charge is 2.20. The van der Waals surface area contributed by atoms with Gasteiger partial charge < -0.3 is 10.1 Å². The molecular formula is C25H18ClFN4O2. The summed E-state index contributed by atoms with van der Waals surface area (Å²) in [6, 6.07) is 21.7. The number of nitrogens with zero attached hydrogens (tertiary/aromatic N) is 3. The first-order chi connectivity index (χ1) is 15.9. The molecule has 164 valence electrons. The monoisotopic (exact) mass is 460 g/mol. The molecule has 6 nitrogen and oxygen atoms in total. The van der Waals surface area contributed by atoms with E-state index in [0.717, 1.165) is 5.56 Å². The van der Waals surface area contributed by atoms with Crippen molar-refractivity contribution in [1.29, 1.82) is 5.26 Å². The minimum atomic E-state index is -0.391. The molecule has 0 aliphatic carbocycles. The van der Waals surface area contributed by atoms with Crippen LogP contribution >= 0.6 is 11.6 Å². The Morgan fingerprint density at radius 3 is 2.55 bits per heavy atom. The lowest BCUT2D eigenvalue weighted by Gasteiger charge is -2.09. The van der Waals surface area contributed by atoms with Gasteiger partial charge in [-0.3, -0.25) is 4.79 Å². The van der Waals surface area contributed by atoms with E-state index in [1.165, 1.54) is 16.8 Å². The maximum Gasteiger partial charge on any atom is 0.260 e. The van der Waals surface area contributed by atoms with E-state index < -0.39 is 5.91 Å². The van der Waals surface area contributed by atoms with Crippen molar-refractivity contribution in [2.75, 3.05) is 5.32 Å². The molecule has 1 aromatic heterocycles. The van der Waals surface area contributed by atoms with Gasteiger partial charge in [0.1, 0.15) is 22.5 Å². The zero-order chi connectivity index (χ0) is 23.4. The Bertz CT molecular complexity index is 1340. The van der Waals surface area contributed by atoms with E-state index in [9.17, 15) is 9.18 Å². The highest BCUT2D eigenvalue weighted by atomic mass is 35.5. The summed E-state index contributed by atoms with van der Waals surface area (Å²) in [5.41, 5.74) is 2.62. The number of ether oxygens (including phenoxy) is 1. The fourth-order valence-corrected chi connectivity index (χ4v) is 3.56. The van der Waals surface area contributed by atoms with Crippen LogP contribution in [0.3, 0.4) is 0 Å². The van der Waals surface area contributed by atoms with Crippen LogP contribution < -0.4 is 10.1 Å². The summed E-state index contributed by atoms with van der Waals surface area (Å²) in [5.74, 6) is 0.387. The number of nitriles is 1. The van der Waals surface area contributed by atoms with Gasteiger partial charge in [0.25, 0.3) is 5.91 Å². The summed E-state index contributed by atoms with van der Waals surface area (Å²) in [6.45, 7) is 2.01. The molecule has 0 fully saturated rings. The molecule has 1 heterocycles. The molecule has 0 radical (unpaired) electrons. The topological polar surface area (TPSA) is 79.9 Å². The van der Waals surface area contributed by atoms with Gasteiger partial charge in [0.15, 0.2) is 0 Å². The Morgan fingerprint density at radius 2 is 1.85 bits per heavy atom. The van der Waals surface area contributed by atoms with E-state index in [1.54, 1.807) is 67.6 Å². The van der Waals surface area contributed by atoms with Crippen molar-refractivity contribution >= 4 is 23.2 Å². The summed E-state index contributed by atoms with van der Waals surface area (Å²) < 4.78 is 20.4. The number of hydrogen-bond acceptors (Lipinski definition) is 4. The van der Waals surface area contributed by atoms with Crippen LogP contribution in [0.4, 0.5) is 10.1 Å². The molecule has 4 aromatic rings. The second-order valence-electron chi connectivity index (χ2n) is 7.26. The van der Waals surface area contributed by atoms with Gasteiger partial charge in [-0.1, -0.05) is 29.8 Å². The Hall–Kier alpha value is -4.15. The summed E-state index contributed by atoms with van der Waals surface area (Å²) in [7, 11) is 0. The number of aromatic nitrogens is 2. The van der Waals surface area contributed by atoms with Crippen LogP contribution in [0.5, 0.6) is 11.5 Å². The molecule has 1 amide bonds. The number of hydrogen-bond donors (Lipinski definition) is 1. The third-order valence-corrected chi connectivity index (χ3v) is 5.23. The molecule has 8 heteroatoms. The van der Waals surface area contributed by atoms with Crippen LogP contribution in [0, 0.1) is 24.1 Å². The molecule has 0 spiro atoms. The van der Waals surface area contributed by atoms with E-state index in [4.69, 9.17) is 21.6 Å². The lowest BCUT2D eigenvalue weighted by atomic mass is 10.2. The van der Waals surface area contributed by atoms with Gasteiger partial charge in [0.05, 0.1) is 29.4 Å². The fourth-order valence-electron chi connectivity index (χ4n) is 3.24. The Morgan fingerprint density at radius 1 is 1.12 bits per heavy atom. The third-order valence-electron chi connectivity index (χ3n) is 4.85. The van der Waals surface area contributed by atoms with Gasteiger partial charge in [-0.2, -0.15) is 10.4 Å². The van der Waals surface area contributed by atoms with Crippen LogP contribution in [0.15, 0.2) is 72.8 Å². The van der Waals surface area contributed by atoms with Crippen molar-refractivity contribution in [2.45, 2.75) is 13.5 Å². The van der Waals surface area contributed by atoms with E-state index in [2.05, 4.69) is 16.5 Å². The first kappa shape index (κ1) is 22.1. The fraction of sp³-hybridized carbons (Fsp3) is 0.0800. The van der Waals surface area contributed by atoms with Crippen molar-refractivity contribution in [1.82, 2.24) is 9.78 Å². The molecule has 0 saturated carbocycles. The lowest BCUT2D eigenvalue weighted by molar-refractivity contribution is 0.102. The first-order valence-electron chi connectivity index (χ1n) is 10.00. The standard InChI is InChI=1S/C25H18ClFN4O2/c1-16-23(24(26)31(30-16)15-17-5-7-19(27)8-6-17)25(32)29-20-9-11-21(12-10-20)33-22-4-2-3-18(13-22)14-28/h2-13H,15H2,1H3,(H,29,32). The number of anilines is 1. The van der Waals surface area contributed by atoms with Crippen molar-refractivity contribution < 1.29 is 13.9 Å². The van der Waals surface area contributed by atoms with Gasteiger partial charge in [0, 0.05) is 5.69 Å². The summed E-state index contributed by atoms with van der Waals surface area (Å²) in [4.78, 5) is 12.9. The zero-order valence-corrected chi connectivity index (χ0v) is 18.3. The predicted molar refractivity (Wildman–Crippen MR) is 123 cm³/mol. The van der Waals surface area contributed by atoms with Gasteiger partial charge in [-0.15, -0.1) is 0 Å². The maximum absolute atomic E-state index is 13.1. The summed E-state index contributed by atoms with van der Waals surface area (Å²) >= 11 is 6.43. The molecule has 0 aliphatic rings. The Balaban J connectivity index is 1.45. The first-order valence-corrected chi connectivity index (χ1v) is 10.4. The van der Waals surface area contributed by atoms with Crippen molar-refractivity contribution in [3.8, 4) is 17.6 Å². The number of nitrogens with one attached hydrogen (secondary N) is 1. The molecular weight excluding hydrogens is 443 g/mol. The maximum atomic E-state index is 13.1. The Kier molecular flexibility index (Phi) is 6.38. The lowest BCUT2D eigenvalue weighted by Crippen LogP contribution is -2.13. The van der Waals surface area contributed by atoms with Crippen LogP contribution in [-0.2, 0) is 6.54 Å². The minimum absolute atomic E-state index is 0.201. The molecule has 0 atom stereocenters. The van der Waals surface area contributed by atoms with Crippen LogP contribution in [-0.4, -0.2) is 15.7 Å². The zero-order valence-electron chi connectivity index (χ0n) is 17.5. The van der Waals surface area contributed by atoms with Crippen LogP contribution in [0.2, 0.25) is 5.15 Å². The van der Waals surface area contributed by atoms with E-state index >= 15 is 0 Å². The molecule has 33 heavy (non-hydrogen) atoms. The minimum Gasteiger partial charge on any atom is -0.457 e. The van der Waals surface area contributed by atoms with E-state index in [0.29, 0.717) is 35.0 Å². The summed E-state index contributed by atoms with van der Waals surface area (Å²) in [5, 5.41) is 16.4. The average Bonchev–Trinajstić information content (AvgIpc) is 3.09. The highest BCUT2D eigenvalue weighted by Crippen LogP contribution is 2.26. The third kappa shape index (κ3) is 5.20. The van der Waals surface area contributed by atoms with Gasteiger partial charge in [-0.25, -0.2) is 9.07 Å². The molecule has 0 bridgehead atoms. The number of aryl methyl sites for hydroxylation is 1. The second-order valence-corrected chi connectivity index (χ2v) is 7.61. The molecule has 3 aromatic carbocycles. The normalized spacial score (nSPS) is 10.5. The van der Waals surface area contributed by atoms with Crippen molar-refractivity contribution in [2.24, 2.45) is 0 Å². The van der Waals surface area contributed by atoms with Crippen LogP contribution in [0.1, 0.15) is 27.2 Å². The molecule has 4 rings (SSSR count). The summed E-state index contributed by atoms with van der Waals surface area (Å²) in [6.07, 6.45) is 0. The molecule has 0 saturated heterocycles. The number of carbonyl (C=O) groups is 1. The largest absolute Gasteiger partial charge is 0.457 e. The SMILES string of the molecule is Cc1nn(Cc2ccc(F)cc2)c(Cl)c1C(=O)Nc1ccc(Oc2cccc(C#N)c2)cc1. The van der Waals surface area contributed by atoms with E-state index in [-0.39, 0.29) is 16.5 Å². The smallest absolute Gasteiger partial charge is 0.260 e. The van der Waals surface area contributed by atoms with E-state index in [1.807, 2.05) is 0 Å². The molecule has 1 N–H and O–H groups in total. The highest BCUT2D eigenvalue weighted by molar-refractivity contribution is 6.33. The molecule has 0 unspecified atom stereocenters. The number of benzene rings is 3. The number of halogens is 2. The Labute approximate surface area is 194 Å². The average molecular weight is 461 g/mol. The second kappa shape index (κ2) is 9.55. The number of amides is 1. The van der Waals surface area contributed by atoms with Crippen molar-refractivity contribution in [3.63, 3.8) is 0 Å². The predicted octanol–water partition coefficient (Wildman–Crippen LogP) is 5.95. The van der Waals surface area contributed by atoms with Gasteiger partial charge in [0.2, 0.25) is 0 Å².